The van der Waals surface area contributed by atoms with E-state index in [4.69, 9.17) is 14.4 Å². The quantitative estimate of drug-likeness (QED) is 0.767. The first-order chi connectivity index (χ1) is 10.2. The van der Waals surface area contributed by atoms with Crippen molar-refractivity contribution in [3.8, 4) is 11.6 Å². The molecule has 0 unspecified atom stereocenters. The van der Waals surface area contributed by atoms with Gasteiger partial charge in [0, 0.05) is 23.9 Å². The van der Waals surface area contributed by atoms with Crippen molar-refractivity contribution in [3.63, 3.8) is 0 Å². The van der Waals surface area contributed by atoms with E-state index in [2.05, 4.69) is 44.1 Å². The van der Waals surface area contributed by atoms with Crippen molar-refractivity contribution in [2.75, 3.05) is 11.9 Å². The second kappa shape index (κ2) is 6.48. The SMILES string of the molecule is CCCNc1nc(-c2cc(Br)c(Br)o2)nc2c1CCCC2. The third-order valence-electron chi connectivity index (χ3n) is 3.59. The van der Waals surface area contributed by atoms with Crippen LogP contribution in [0.15, 0.2) is 19.6 Å². The highest BCUT2D eigenvalue weighted by molar-refractivity contribution is 9.13. The smallest absolute Gasteiger partial charge is 0.197 e. The Morgan fingerprint density at radius 3 is 2.76 bits per heavy atom. The number of furan rings is 1. The third kappa shape index (κ3) is 3.16. The maximum atomic E-state index is 5.67. The lowest BCUT2D eigenvalue weighted by atomic mass is 9.96. The van der Waals surface area contributed by atoms with Gasteiger partial charge in [-0.2, -0.15) is 0 Å². The lowest BCUT2D eigenvalue weighted by molar-refractivity contribution is 0.548. The minimum absolute atomic E-state index is 0.653. The normalized spacial score (nSPS) is 14.0. The highest BCUT2D eigenvalue weighted by Gasteiger charge is 2.20. The number of rotatable bonds is 4. The summed E-state index contributed by atoms with van der Waals surface area (Å²) in [5.74, 6) is 2.31. The van der Waals surface area contributed by atoms with Crippen molar-refractivity contribution in [2.45, 2.75) is 39.0 Å². The molecule has 0 bridgehead atoms. The van der Waals surface area contributed by atoms with Crippen LogP contribution in [0.25, 0.3) is 11.6 Å². The van der Waals surface area contributed by atoms with Crippen molar-refractivity contribution in [1.82, 2.24) is 9.97 Å². The van der Waals surface area contributed by atoms with Crippen molar-refractivity contribution >= 4 is 37.7 Å². The zero-order chi connectivity index (χ0) is 14.8. The number of aromatic nitrogens is 2. The summed E-state index contributed by atoms with van der Waals surface area (Å²) < 4.78 is 7.21. The van der Waals surface area contributed by atoms with Gasteiger partial charge in [-0.1, -0.05) is 6.92 Å². The molecule has 2 aromatic rings. The van der Waals surface area contributed by atoms with Gasteiger partial charge >= 0.3 is 0 Å². The van der Waals surface area contributed by atoms with E-state index in [1.165, 1.54) is 18.4 Å². The van der Waals surface area contributed by atoms with Crippen molar-refractivity contribution in [1.29, 1.82) is 0 Å². The lowest BCUT2D eigenvalue weighted by Crippen LogP contribution is -2.14. The summed E-state index contributed by atoms with van der Waals surface area (Å²) in [6.07, 6.45) is 5.57. The second-order valence-corrected chi connectivity index (χ2v) is 6.76. The van der Waals surface area contributed by atoms with Gasteiger partial charge in [0.15, 0.2) is 16.3 Å². The molecule has 0 spiro atoms. The van der Waals surface area contributed by atoms with Gasteiger partial charge in [-0.15, -0.1) is 0 Å². The second-order valence-electron chi connectivity index (χ2n) is 5.19. The van der Waals surface area contributed by atoms with Crippen molar-refractivity contribution in [3.05, 3.63) is 26.5 Å². The van der Waals surface area contributed by atoms with Gasteiger partial charge in [0.05, 0.1) is 4.47 Å². The highest BCUT2D eigenvalue weighted by atomic mass is 79.9. The molecule has 0 aliphatic heterocycles. The van der Waals surface area contributed by atoms with E-state index < -0.39 is 0 Å². The summed E-state index contributed by atoms with van der Waals surface area (Å²) in [5.41, 5.74) is 2.44. The van der Waals surface area contributed by atoms with Crippen LogP contribution < -0.4 is 5.32 Å². The van der Waals surface area contributed by atoms with Crippen molar-refractivity contribution in [2.24, 2.45) is 0 Å². The molecule has 1 aliphatic carbocycles. The summed E-state index contributed by atoms with van der Waals surface area (Å²) in [4.78, 5) is 9.41. The summed E-state index contributed by atoms with van der Waals surface area (Å²) >= 11 is 6.80. The average molecular weight is 415 g/mol. The molecule has 2 heterocycles. The van der Waals surface area contributed by atoms with Crippen LogP contribution in [0.3, 0.4) is 0 Å². The standard InChI is InChI=1S/C15H17Br2N3O/c1-2-7-18-14-9-5-3-4-6-11(9)19-15(20-14)12-8-10(16)13(17)21-12/h8H,2-7H2,1H3,(H,18,19,20). The zero-order valence-electron chi connectivity index (χ0n) is 11.9. The van der Waals surface area contributed by atoms with Gasteiger partial charge in [0.2, 0.25) is 0 Å². The third-order valence-corrected chi connectivity index (χ3v) is 5.30. The monoisotopic (exact) mass is 413 g/mol. The van der Waals surface area contributed by atoms with Crippen LogP contribution in [-0.2, 0) is 12.8 Å². The number of aryl methyl sites for hydroxylation is 1. The first-order valence-corrected chi connectivity index (χ1v) is 8.86. The van der Waals surface area contributed by atoms with Crippen LogP contribution in [-0.4, -0.2) is 16.5 Å². The maximum absolute atomic E-state index is 5.67. The Hall–Kier alpha value is -0.880. The molecular weight excluding hydrogens is 398 g/mol. The molecule has 0 amide bonds. The number of anilines is 1. The number of halogens is 2. The largest absolute Gasteiger partial charge is 0.445 e. The Labute approximate surface area is 141 Å². The van der Waals surface area contributed by atoms with Gasteiger partial charge in [-0.25, -0.2) is 9.97 Å². The number of nitrogens with zero attached hydrogens (tertiary/aromatic N) is 2. The number of nitrogens with one attached hydrogen (secondary N) is 1. The van der Waals surface area contributed by atoms with E-state index in [0.717, 1.165) is 41.8 Å². The molecule has 21 heavy (non-hydrogen) atoms. The van der Waals surface area contributed by atoms with Gasteiger partial charge in [0.1, 0.15) is 5.82 Å². The minimum Gasteiger partial charge on any atom is -0.445 e. The van der Waals surface area contributed by atoms with E-state index in [1.807, 2.05) is 6.07 Å². The molecular formula is C15H17Br2N3O. The Bertz CT molecular complexity index is 635. The average Bonchev–Trinajstić information content (AvgIpc) is 2.84. The summed E-state index contributed by atoms with van der Waals surface area (Å²) in [6.45, 7) is 3.08. The number of hydrogen-bond acceptors (Lipinski definition) is 4. The van der Waals surface area contributed by atoms with Crippen LogP contribution in [0.4, 0.5) is 5.82 Å². The van der Waals surface area contributed by atoms with Crippen LogP contribution in [0, 0.1) is 0 Å². The van der Waals surface area contributed by atoms with E-state index in [1.54, 1.807) is 0 Å². The van der Waals surface area contributed by atoms with Crippen molar-refractivity contribution < 1.29 is 4.42 Å². The van der Waals surface area contributed by atoms with Gasteiger partial charge < -0.3 is 9.73 Å². The molecule has 0 saturated carbocycles. The van der Waals surface area contributed by atoms with Gasteiger partial charge in [-0.3, -0.25) is 0 Å². The Kier molecular flexibility index (Phi) is 4.64. The molecule has 0 radical (unpaired) electrons. The maximum Gasteiger partial charge on any atom is 0.197 e. The molecule has 0 fully saturated rings. The van der Waals surface area contributed by atoms with Gasteiger partial charge in [-0.05, 0) is 64.0 Å². The predicted molar refractivity (Wildman–Crippen MR) is 90.6 cm³/mol. The lowest BCUT2D eigenvalue weighted by Gasteiger charge is -2.19. The molecule has 3 rings (SSSR count). The Balaban J connectivity index is 2.04. The molecule has 6 heteroatoms. The van der Waals surface area contributed by atoms with Crippen LogP contribution in [0.1, 0.15) is 37.4 Å². The molecule has 112 valence electrons. The molecule has 2 aromatic heterocycles. The van der Waals surface area contributed by atoms with E-state index >= 15 is 0 Å². The topological polar surface area (TPSA) is 51.0 Å². The Morgan fingerprint density at radius 2 is 2.05 bits per heavy atom. The fourth-order valence-corrected chi connectivity index (χ4v) is 3.13. The predicted octanol–water partition coefficient (Wildman–Crippen LogP) is 4.96. The van der Waals surface area contributed by atoms with Crippen LogP contribution in [0.2, 0.25) is 0 Å². The zero-order valence-corrected chi connectivity index (χ0v) is 15.1. The molecule has 4 nitrogen and oxygen atoms in total. The van der Waals surface area contributed by atoms with E-state index in [0.29, 0.717) is 16.3 Å². The van der Waals surface area contributed by atoms with E-state index in [-0.39, 0.29) is 0 Å². The van der Waals surface area contributed by atoms with Crippen LogP contribution in [0.5, 0.6) is 0 Å². The molecule has 1 N–H and O–H groups in total. The molecule has 0 aromatic carbocycles. The summed E-state index contributed by atoms with van der Waals surface area (Å²) in [5, 5.41) is 3.44. The highest BCUT2D eigenvalue weighted by Crippen LogP contribution is 2.33. The fourth-order valence-electron chi connectivity index (χ4n) is 2.55. The fraction of sp³-hybridized carbons (Fsp3) is 0.467. The van der Waals surface area contributed by atoms with Crippen LogP contribution >= 0.6 is 31.9 Å². The number of fused-ring (bicyclic) bond motifs is 1. The Morgan fingerprint density at radius 1 is 1.24 bits per heavy atom. The van der Waals surface area contributed by atoms with Gasteiger partial charge in [0.25, 0.3) is 0 Å². The molecule has 0 saturated heterocycles. The summed E-state index contributed by atoms with van der Waals surface area (Å²) in [7, 11) is 0. The first-order valence-electron chi connectivity index (χ1n) is 7.28. The first kappa shape index (κ1) is 15.0. The minimum atomic E-state index is 0.653. The number of hydrogen-bond donors (Lipinski definition) is 1. The molecule has 0 atom stereocenters. The molecule has 1 aliphatic rings. The summed E-state index contributed by atoms with van der Waals surface area (Å²) in [6, 6.07) is 1.90. The van der Waals surface area contributed by atoms with E-state index in [9.17, 15) is 0 Å².